The minimum Gasteiger partial charge on any atom is -0.399 e. The Labute approximate surface area is 70.6 Å². The highest BCUT2D eigenvalue weighted by atomic mass is 16.1. The summed E-state index contributed by atoms with van der Waals surface area (Å²) in [4.78, 5) is 10.9. The molecule has 2 rings (SSSR count). The van der Waals surface area contributed by atoms with E-state index in [0.717, 1.165) is 5.70 Å². The second-order valence-corrected chi connectivity index (χ2v) is 3.00. The minimum atomic E-state index is -0.0326. The van der Waals surface area contributed by atoms with E-state index in [2.05, 4.69) is 5.32 Å². The molecular formula is C9H10N2O. The van der Waals surface area contributed by atoms with Gasteiger partial charge in [-0.3, -0.25) is 4.79 Å². The number of carbonyl (C=O) groups excluding carboxylic acids is 1. The lowest BCUT2D eigenvalue weighted by Crippen LogP contribution is -2.41. The van der Waals surface area contributed by atoms with Gasteiger partial charge in [-0.2, -0.15) is 0 Å². The largest absolute Gasteiger partial charge is 0.399 e. The number of carbonyl (C=O) groups is 1. The molecular weight excluding hydrogens is 152 g/mol. The Balaban J connectivity index is 2.27. The first-order valence-electron chi connectivity index (χ1n) is 3.90. The van der Waals surface area contributed by atoms with Gasteiger partial charge in [0.05, 0.1) is 6.04 Å². The smallest absolute Gasteiger partial charge is 0.244 e. The van der Waals surface area contributed by atoms with Gasteiger partial charge in [0, 0.05) is 11.6 Å². The van der Waals surface area contributed by atoms with Gasteiger partial charge in [0.2, 0.25) is 5.91 Å². The summed E-state index contributed by atoms with van der Waals surface area (Å²) in [5.41, 5.74) is 6.37. The molecule has 1 heterocycles. The van der Waals surface area contributed by atoms with Crippen LogP contribution in [0.25, 0.3) is 0 Å². The van der Waals surface area contributed by atoms with Crippen LogP contribution < -0.4 is 11.1 Å². The highest BCUT2D eigenvalue weighted by molar-refractivity contribution is 5.89. The number of nitrogens with one attached hydrogen (secondary N) is 1. The molecule has 1 amide bonds. The zero-order valence-electron chi connectivity index (χ0n) is 6.53. The van der Waals surface area contributed by atoms with E-state index in [1.807, 2.05) is 24.3 Å². The van der Waals surface area contributed by atoms with E-state index in [9.17, 15) is 4.79 Å². The maximum absolute atomic E-state index is 10.9. The summed E-state index contributed by atoms with van der Waals surface area (Å²) in [6.45, 7) is 0. The summed E-state index contributed by atoms with van der Waals surface area (Å²) >= 11 is 0. The van der Waals surface area contributed by atoms with Crippen molar-refractivity contribution in [3.63, 3.8) is 0 Å². The van der Waals surface area contributed by atoms with Gasteiger partial charge in [-0.05, 0) is 12.2 Å². The first-order valence-corrected chi connectivity index (χ1v) is 3.90. The monoisotopic (exact) mass is 162 g/mol. The van der Waals surface area contributed by atoms with Crippen molar-refractivity contribution < 1.29 is 4.79 Å². The molecule has 0 bridgehead atoms. The third-order valence-corrected chi connectivity index (χ3v) is 2.07. The summed E-state index contributed by atoms with van der Waals surface area (Å²) in [5.74, 6) is 0.197. The summed E-state index contributed by atoms with van der Waals surface area (Å²) in [5, 5.41) is 2.83. The van der Waals surface area contributed by atoms with Gasteiger partial charge >= 0.3 is 0 Å². The van der Waals surface area contributed by atoms with Crippen molar-refractivity contribution in [2.45, 2.75) is 6.04 Å². The molecule has 2 unspecified atom stereocenters. The molecule has 2 atom stereocenters. The molecule has 12 heavy (non-hydrogen) atoms. The Morgan fingerprint density at radius 2 is 2.17 bits per heavy atom. The van der Waals surface area contributed by atoms with Crippen LogP contribution in [-0.4, -0.2) is 11.9 Å². The zero-order chi connectivity index (χ0) is 8.55. The van der Waals surface area contributed by atoms with Gasteiger partial charge < -0.3 is 11.1 Å². The average molecular weight is 162 g/mol. The van der Waals surface area contributed by atoms with E-state index in [1.165, 1.54) is 0 Å². The zero-order valence-corrected chi connectivity index (χ0v) is 6.53. The van der Waals surface area contributed by atoms with E-state index in [-0.39, 0.29) is 17.9 Å². The molecule has 62 valence electrons. The van der Waals surface area contributed by atoms with Gasteiger partial charge in [-0.15, -0.1) is 0 Å². The predicted molar refractivity (Wildman–Crippen MR) is 46.0 cm³/mol. The molecule has 2 aliphatic rings. The Kier molecular flexibility index (Phi) is 1.50. The molecule has 3 heteroatoms. The second-order valence-electron chi connectivity index (χ2n) is 3.00. The summed E-state index contributed by atoms with van der Waals surface area (Å²) in [6.07, 6.45) is 9.10. The Morgan fingerprint density at radius 1 is 1.33 bits per heavy atom. The molecule has 1 aliphatic heterocycles. The van der Waals surface area contributed by atoms with Gasteiger partial charge in [-0.25, -0.2) is 0 Å². The van der Waals surface area contributed by atoms with Crippen LogP contribution in [0.3, 0.4) is 0 Å². The van der Waals surface area contributed by atoms with Gasteiger partial charge in [-0.1, -0.05) is 18.2 Å². The van der Waals surface area contributed by atoms with E-state index in [4.69, 9.17) is 5.73 Å². The topological polar surface area (TPSA) is 55.1 Å². The summed E-state index contributed by atoms with van der Waals surface area (Å²) < 4.78 is 0. The third kappa shape index (κ3) is 1.13. The Bertz CT molecular complexity index is 302. The Morgan fingerprint density at radius 3 is 3.00 bits per heavy atom. The van der Waals surface area contributed by atoms with E-state index < -0.39 is 0 Å². The van der Waals surface area contributed by atoms with Crippen LogP contribution >= 0.6 is 0 Å². The summed E-state index contributed by atoms with van der Waals surface area (Å²) in [7, 11) is 0. The lowest BCUT2D eigenvalue weighted by Gasteiger charge is -2.26. The van der Waals surface area contributed by atoms with Crippen LogP contribution in [0.15, 0.2) is 36.1 Å². The molecule has 0 fully saturated rings. The highest BCUT2D eigenvalue weighted by Crippen LogP contribution is 2.18. The minimum absolute atomic E-state index is 0.0326. The van der Waals surface area contributed by atoms with Crippen LogP contribution in [0.5, 0.6) is 0 Å². The van der Waals surface area contributed by atoms with Crippen molar-refractivity contribution in [2.24, 2.45) is 11.7 Å². The highest BCUT2D eigenvalue weighted by Gasteiger charge is 2.22. The maximum atomic E-state index is 10.9. The van der Waals surface area contributed by atoms with Crippen LogP contribution in [-0.2, 0) is 4.79 Å². The first kappa shape index (κ1) is 7.16. The Hall–Kier alpha value is -1.51. The molecule has 3 nitrogen and oxygen atoms in total. The van der Waals surface area contributed by atoms with Gasteiger partial charge in [0.15, 0.2) is 0 Å². The number of amides is 1. The van der Waals surface area contributed by atoms with Crippen LogP contribution in [0, 0.1) is 5.92 Å². The van der Waals surface area contributed by atoms with Crippen molar-refractivity contribution in [3.05, 3.63) is 36.1 Å². The van der Waals surface area contributed by atoms with Gasteiger partial charge in [0.1, 0.15) is 0 Å². The van der Waals surface area contributed by atoms with Crippen molar-refractivity contribution in [3.8, 4) is 0 Å². The molecule has 0 radical (unpaired) electrons. The van der Waals surface area contributed by atoms with Crippen molar-refractivity contribution in [1.29, 1.82) is 0 Å². The number of hydrogen-bond acceptors (Lipinski definition) is 2. The lowest BCUT2D eigenvalue weighted by molar-refractivity contribution is -0.117. The quantitative estimate of drug-likeness (QED) is 0.529. The van der Waals surface area contributed by atoms with Crippen LogP contribution in [0.2, 0.25) is 0 Å². The van der Waals surface area contributed by atoms with Crippen molar-refractivity contribution in [2.75, 3.05) is 0 Å². The van der Waals surface area contributed by atoms with E-state index in [0.29, 0.717) is 0 Å². The lowest BCUT2D eigenvalue weighted by atomic mass is 9.91. The van der Waals surface area contributed by atoms with Crippen molar-refractivity contribution in [1.82, 2.24) is 5.32 Å². The predicted octanol–water partition coefficient (Wildman–Crippen LogP) is 0.0696. The molecule has 3 N–H and O–H groups in total. The maximum Gasteiger partial charge on any atom is 0.244 e. The number of hydrogen-bond donors (Lipinski definition) is 2. The summed E-state index contributed by atoms with van der Waals surface area (Å²) in [6, 6.07) is 0.0924. The first-order chi connectivity index (χ1) is 5.75. The molecule has 0 aromatic carbocycles. The molecule has 0 saturated heterocycles. The fourth-order valence-corrected chi connectivity index (χ4v) is 1.46. The SMILES string of the molecule is NC1=CC2C=CC(=O)NC2C=C1. The van der Waals surface area contributed by atoms with E-state index >= 15 is 0 Å². The number of fused-ring (bicyclic) bond motifs is 1. The van der Waals surface area contributed by atoms with Crippen LogP contribution in [0.4, 0.5) is 0 Å². The molecule has 0 spiro atoms. The molecule has 0 saturated carbocycles. The molecule has 0 aromatic heterocycles. The number of allylic oxidation sites excluding steroid dienone is 1. The molecule has 0 aromatic rings. The van der Waals surface area contributed by atoms with E-state index in [1.54, 1.807) is 6.08 Å². The normalized spacial score (nSPS) is 32.3. The number of nitrogens with two attached hydrogens (primary N) is 1. The molecule has 1 aliphatic carbocycles. The third-order valence-electron chi connectivity index (χ3n) is 2.07. The second kappa shape index (κ2) is 2.52. The fourth-order valence-electron chi connectivity index (χ4n) is 1.46. The average Bonchev–Trinajstić information content (AvgIpc) is 2.05. The standard InChI is InChI=1S/C9H10N2O/c10-7-2-3-8-6(5-7)1-4-9(12)11-8/h1-6,8H,10H2,(H,11,12). The van der Waals surface area contributed by atoms with Gasteiger partial charge in [0.25, 0.3) is 0 Å². The fraction of sp³-hybridized carbons (Fsp3) is 0.222. The number of rotatable bonds is 0. The van der Waals surface area contributed by atoms with Crippen molar-refractivity contribution >= 4 is 5.91 Å². The van der Waals surface area contributed by atoms with Crippen LogP contribution in [0.1, 0.15) is 0 Å².